The monoisotopic (exact) mass is 528 g/mol. The van der Waals surface area contributed by atoms with Gasteiger partial charge < -0.3 is 14.8 Å². The molecule has 0 aliphatic rings. The highest BCUT2D eigenvalue weighted by Crippen LogP contribution is 2.39. The van der Waals surface area contributed by atoms with Crippen molar-refractivity contribution < 1.29 is 14.3 Å². The van der Waals surface area contributed by atoms with Gasteiger partial charge in [0, 0.05) is 16.4 Å². The number of ketones is 1. The highest BCUT2D eigenvalue weighted by atomic mass is 16.5. The first-order chi connectivity index (χ1) is 16.5. The van der Waals surface area contributed by atoms with Gasteiger partial charge in [0.1, 0.15) is 5.78 Å². The molecule has 0 atom stereocenters. The van der Waals surface area contributed by atoms with Gasteiger partial charge >= 0.3 is 0 Å². The number of carbonyl (C=O) groups excluding carboxylic acids is 1. The van der Waals surface area contributed by atoms with Crippen molar-refractivity contribution in [3.05, 3.63) is 12.2 Å². The van der Waals surface area contributed by atoms with Gasteiger partial charge in [-0.3, -0.25) is 4.79 Å². The molecule has 0 rings (SSSR count). The van der Waals surface area contributed by atoms with Crippen molar-refractivity contribution in [2.45, 2.75) is 173 Å². The summed E-state index contributed by atoms with van der Waals surface area (Å²) in [6.07, 6.45) is 7.61. The Hall–Kier alpha value is -0.710. The van der Waals surface area contributed by atoms with Gasteiger partial charge in [-0.05, 0) is 109 Å². The maximum Gasteiger partial charge on any atom is 0.147 e. The molecule has 0 unspecified atom stereocenters. The zero-order valence-corrected chi connectivity index (χ0v) is 28.6. The molecule has 0 saturated heterocycles. The molecule has 0 aromatic heterocycles. The summed E-state index contributed by atoms with van der Waals surface area (Å²) in [6.45, 7) is 39.1. The molecule has 0 spiro atoms. The smallest absolute Gasteiger partial charge is 0.147 e. The van der Waals surface area contributed by atoms with Gasteiger partial charge in [0.05, 0.1) is 23.4 Å². The van der Waals surface area contributed by atoms with Crippen LogP contribution in [0.25, 0.3) is 0 Å². The van der Waals surface area contributed by atoms with Crippen LogP contribution in [-0.2, 0) is 14.3 Å². The van der Waals surface area contributed by atoms with Crippen LogP contribution in [0, 0.1) is 10.8 Å². The molecule has 4 heteroatoms. The molecule has 0 bridgehead atoms. The molecule has 0 radical (unpaired) electrons. The minimum atomic E-state index is -0.485. The number of allylic oxidation sites excluding steroid dienone is 2. The molecule has 37 heavy (non-hydrogen) atoms. The normalized spacial score (nSPS) is 13.6. The number of hydrogen-bond acceptors (Lipinski definition) is 4. The molecule has 0 aliphatic carbocycles. The van der Waals surface area contributed by atoms with E-state index in [1.54, 1.807) is 0 Å². The van der Waals surface area contributed by atoms with Crippen LogP contribution in [0.4, 0.5) is 0 Å². The lowest BCUT2D eigenvalue weighted by Crippen LogP contribution is -2.45. The number of carbonyl (C=O) groups is 1. The quantitative estimate of drug-likeness (QED) is 0.228. The Morgan fingerprint density at radius 2 is 1.22 bits per heavy atom. The van der Waals surface area contributed by atoms with E-state index in [0.717, 1.165) is 19.4 Å². The van der Waals surface area contributed by atoms with Crippen LogP contribution in [0.15, 0.2) is 12.2 Å². The zero-order chi connectivity index (χ0) is 30.4. The molecule has 0 aromatic rings. The van der Waals surface area contributed by atoms with E-state index < -0.39 is 16.4 Å². The van der Waals surface area contributed by atoms with Crippen molar-refractivity contribution >= 4 is 5.78 Å². The second kappa shape index (κ2) is 17.1. The van der Waals surface area contributed by atoms with Crippen molar-refractivity contribution in [3.8, 4) is 0 Å². The lowest BCUT2D eigenvalue weighted by atomic mass is 9.69. The van der Waals surface area contributed by atoms with Crippen LogP contribution in [0.2, 0.25) is 0 Å². The van der Waals surface area contributed by atoms with Gasteiger partial charge in [0.25, 0.3) is 0 Å². The molecule has 0 fully saturated rings. The Morgan fingerprint density at radius 1 is 0.757 bits per heavy atom. The molecular weight excluding hydrogens is 458 g/mol. The largest absolute Gasteiger partial charge is 0.375 e. The Bertz CT molecular complexity index is 634. The van der Waals surface area contributed by atoms with E-state index in [1.165, 1.54) is 6.42 Å². The first-order valence-corrected chi connectivity index (χ1v) is 14.7. The van der Waals surface area contributed by atoms with Crippen LogP contribution in [-0.4, -0.2) is 41.3 Å². The van der Waals surface area contributed by atoms with Crippen molar-refractivity contribution in [1.82, 2.24) is 5.32 Å². The van der Waals surface area contributed by atoms with Crippen molar-refractivity contribution in [3.63, 3.8) is 0 Å². The number of hydrogen-bond donors (Lipinski definition) is 1. The molecule has 1 N–H and O–H groups in total. The molecule has 0 aliphatic heterocycles. The average Bonchev–Trinajstić information content (AvgIpc) is 2.66. The first kappa shape index (κ1) is 40.8. The predicted octanol–water partition coefficient (Wildman–Crippen LogP) is 9.55. The minimum absolute atomic E-state index is 0.120. The van der Waals surface area contributed by atoms with Gasteiger partial charge in [-0.25, -0.2) is 0 Å². The third-order valence-electron chi connectivity index (χ3n) is 5.78. The van der Waals surface area contributed by atoms with Gasteiger partial charge in [-0.15, -0.1) is 0 Å². The third-order valence-corrected chi connectivity index (χ3v) is 5.78. The molecule has 0 amide bonds. The lowest BCUT2D eigenvalue weighted by Gasteiger charge is -2.42. The molecule has 0 heterocycles. The molecule has 4 nitrogen and oxygen atoms in total. The summed E-state index contributed by atoms with van der Waals surface area (Å²) in [5, 5.41) is 3.53. The zero-order valence-electron chi connectivity index (χ0n) is 28.6. The number of rotatable bonds is 14. The van der Waals surface area contributed by atoms with Crippen LogP contribution in [0.1, 0.15) is 150 Å². The van der Waals surface area contributed by atoms with Crippen LogP contribution in [0.5, 0.6) is 0 Å². The second-order valence-electron chi connectivity index (χ2n) is 14.2. The molecule has 224 valence electrons. The van der Waals surface area contributed by atoms with E-state index in [-0.39, 0.29) is 22.5 Å². The maximum atomic E-state index is 13.2. The van der Waals surface area contributed by atoms with Gasteiger partial charge in [0.15, 0.2) is 0 Å². The first-order valence-electron chi connectivity index (χ1n) is 14.7. The summed E-state index contributed by atoms with van der Waals surface area (Å²) in [4.78, 5) is 13.2. The fraction of sp³-hybridized carbons (Fsp3) is 0.909. The summed E-state index contributed by atoms with van der Waals surface area (Å²) in [5.41, 5.74) is -1.81. The summed E-state index contributed by atoms with van der Waals surface area (Å²) in [5.74, 6) is 0.242. The SMILES string of the molecule is CC.CC=CC(C)(C)C(=O)C(C)(C)CC(C)(C)OC(C)(C)CCOC(C)(C)CCNC(C)(C)C.CCC. The fourth-order valence-electron chi connectivity index (χ4n) is 4.73. The van der Waals surface area contributed by atoms with Crippen LogP contribution < -0.4 is 5.32 Å². The van der Waals surface area contributed by atoms with E-state index in [4.69, 9.17) is 9.47 Å². The maximum absolute atomic E-state index is 13.2. The Morgan fingerprint density at radius 3 is 1.62 bits per heavy atom. The highest BCUT2D eigenvalue weighted by molar-refractivity contribution is 5.90. The van der Waals surface area contributed by atoms with Crippen molar-refractivity contribution in [1.29, 1.82) is 0 Å². The van der Waals surface area contributed by atoms with E-state index in [1.807, 2.05) is 60.6 Å². The number of nitrogens with one attached hydrogen (secondary N) is 1. The Balaban J connectivity index is -0.00000214. The molecular formula is C33H69NO3. The third kappa shape index (κ3) is 20.9. The summed E-state index contributed by atoms with van der Waals surface area (Å²) < 4.78 is 12.8. The molecule has 0 aromatic carbocycles. The number of ether oxygens (including phenoxy) is 2. The Labute approximate surface area is 234 Å². The standard InChI is InChI=1S/C28H55NO3.C3H8.C2H6/c1-15-16-24(5,6)22(30)25(7,8)21-28(13,14)32-27(11,12)18-20-31-26(9,10)17-19-29-23(2,3)4;1-3-2;1-2/h15-16,29H,17-21H2,1-14H3;3H2,1-2H3;1-2H3. The van der Waals surface area contributed by atoms with E-state index in [9.17, 15) is 4.79 Å². The van der Waals surface area contributed by atoms with E-state index >= 15 is 0 Å². The van der Waals surface area contributed by atoms with Crippen LogP contribution >= 0.6 is 0 Å². The Kier molecular flexibility index (Phi) is 18.8. The van der Waals surface area contributed by atoms with Crippen LogP contribution in [0.3, 0.4) is 0 Å². The predicted molar refractivity (Wildman–Crippen MR) is 166 cm³/mol. The lowest BCUT2D eigenvalue weighted by molar-refractivity contribution is -0.160. The van der Waals surface area contributed by atoms with Crippen molar-refractivity contribution in [2.24, 2.45) is 10.8 Å². The molecule has 0 saturated carbocycles. The van der Waals surface area contributed by atoms with E-state index in [0.29, 0.717) is 13.0 Å². The summed E-state index contributed by atoms with van der Waals surface area (Å²) in [7, 11) is 0. The topological polar surface area (TPSA) is 47.6 Å². The van der Waals surface area contributed by atoms with E-state index in [2.05, 4.69) is 81.5 Å². The highest BCUT2D eigenvalue weighted by Gasteiger charge is 2.42. The van der Waals surface area contributed by atoms with Gasteiger partial charge in [-0.1, -0.05) is 60.1 Å². The van der Waals surface area contributed by atoms with Crippen molar-refractivity contribution in [2.75, 3.05) is 13.2 Å². The average molecular weight is 528 g/mol. The van der Waals surface area contributed by atoms with Gasteiger partial charge in [-0.2, -0.15) is 0 Å². The summed E-state index contributed by atoms with van der Waals surface area (Å²) >= 11 is 0. The fourth-order valence-corrected chi connectivity index (χ4v) is 4.73. The second-order valence-corrected chi connectivity index (χ2v) is 14.2. The minimum Gasteiger partial charge on any atom is -0.375 e. The number of Topliss-reactive ketones (excluding diaryl/α,β-unsaturated/α-hetero) is 1. The van der Waals surface area contributed by atoms with Gasteiger partial charge in [0.2, 0.25) is 0 Å². The summed E-state index contributed by atoms with van der Waals surface area (Å²) in [6, 6.07) is 0.